The van der Waals surface area contributed by atoms with Crippen LogP contribution in [0.15, 0.2) is 6.20 Å². The molecule has 3 nitrogen and oxygen atoms in total. The lowest BCUT2D eigenvalue weighted by atomic mass is 10.0. The number of halogens is 1. The number of alkyl halides is 1. The molecule has 0 aliphatic heterocycles. The zero-order chi connectivity index (χ0) is 11.5. The topological polar surface area (TPSA) is 37.8 Å². The van der Waals surface area contributed by atoms with E-state index in [0.29, 0.717) is 5.88 Å². The predicted octanol–water partition coefficient (Wildman–Crippen LogP) is 2.91. The van der Waals surface area contributed by atoms with Crippen LogP contribution < -0.4 is 5.32 Å². The summed E-state index contributed by atoms with van der Waals surface area (Å²) in [4.78, 5) is 8.69. The molecule has 0 saturated carbocycles. The third kappa shape index (κ3) is 3.67. The second-order valence-electron chi connectivity index (χ2n) is 4.39. The molecule has 0 aliphatic rings. The smallest absolute Gasteiger partial charge is 0.148 e. The molecule has 1 aromatic rings. The molecule has 0 aromatic carbocycles. The van der Waals surface area contributed by atoms with Gasteiger partial charge in [-0.3, -0.25) is 4.98 Å². The van der Waals surface area contributed by atoms with Crippen molar-refractivity contribution in [3.05, 3.63) is 17.6 Å². The van der Waals surface area contributed by atoms with E-state index in [4.69, 9.17) is 11.6 Å². The van der Waals surface area contributed by atoms with E-state index >= 15 is 0 Å². The first-order chi connectivity index (χ1) is 6.94. The average molecular weight is 228 g/mol. The fraction of sp³-hybridized carbons (Fsp3) is 0.636. The molecule has 0 aliphatic carbocycles. The highest BCUT2D eigenvalue weighted by Gasteiger charge is 2.18. The Kier molecular flexibility index (Phi) is 3.91. The van der Waals surface area contributed by atoms with Gasteiger partial charge >= 0.3 is 0 Å². The fourth-order valence-electron chi connectivity index (χ4n) is 1.28. The molecule has 1 N–H and O–H groups in total. The first-order valence-corrected chi connectivity index (χ1v) is 5.62. The number of hydrogen-bond acceptors (Lipinski definition) is 3. The fourth-order valence-corrected chi connectivity index (χ4v) is 1.75. The van der Waals surface area contributed by atoms with Gasteiger partial charge in [0.1, 0.15) is 5.82 Å². The Balaban J connectivity index is 2.83. The summed E-state index contributed by atoms with van der Waals surface area (Å²) in [6.07, 6.45) is 2.67. The third-order valence-corrected chi connectivity index (χ3v) is 2.44. The monoisotopic (exact) mass is 227 g/mol. The molecular weight excluding hydrogens is 210 g/mol. The highest BCUT2D eigenvalue weighted by molar-refractivity contribution is 6.17. The van der Waals surface area contributed by atoms with Gasteiger partial charge in [0.05, 0.1) is 11.4 Å². The SMILES string of the molecule is Cc1cnc(C)c(NC(C)(C)CCCl)n1. The third-order valence-electron chi connectivity index (χ3n) is 2.25. The number of aryl methyl sites for hydroxylation is 2. The van der Waals surface area contributed by atoms with Crippen LogP contribution in [0.3, 0.4) is 0 Å². The zero-order valence-electron chi connectivity index (χ0n) is 9.76. The Morgan fingerprint density at radius 1 is 1.40 bits per heavy atom. The molecule has 0 atom stereocenters. The summed E-state index contributed by atoms with van der Waals surface area (Å²) in [5.74, 6) is 1.49. The van der Waals surface area contributed by atoms with Crippen LogP contribution in [0.2, 0.25) is 0 Å². The molecular formula is C11H18ClN3. The van der Waals surface area contributed by atoms with Crippen molar-refractivity contribution in [1.82, 2.24) is 9.97 Å². The van der Waals surface area contributed by atoms with Gasteiger partial charge in [0, 0.05) is 17.6 Å². The van der Waals surface area contributed by atoms with E-state index in [-0.39, 0.29) is 5.54 Å². The summed E-state index contributed by atoms with van der Waals surface area (Å²) in [5.41, 5.74) is 1.79. The van der Waals surface area contributed by atoms with Crippen LogP contribution in [0.5, 0.6) is 0 Å². The van der Waals surface area contributed by atoms with Crippen LogP contribution in [-0.2, 0) is 0 Å². The Bertz CT molecular complexity index is 337. The van der Waals surface area contributed by atoms with Gasteiger partial charge in [-0.25, -0.2) is 4.98 Å². The van der Waals surface area contributed by atoms with Crippen LogP contribution in [0.25, 0.3) is 0 Å². The summed E-state index contributed by atoms with van der Waals surface area (Å²) in [6.45, 7) is 8.11. The van der Waals surface area contributed by atoms with Crippen molar-refractivity contribution in [2.45, 2.75) is 39.7 Å². The van der Waals surface area contributed by atoms with Gasteiger partial charge in [-0.15, -0.1) is 11.6 Å². The van der Waals surface area contributed by atoms with Crippen molar-refractivity contribution in [3.63, 3.8) is 0 Å². The van der Waals surface area contributed by atoms with Gasteiger partial charge in [-0.2, -0.15) is 0 Å². The molecule has 0 saturated heterocycles. The Labute approximate surface area is 96.3 Å². The van der Waals surface area contributed by atoms with E-state index in [2.05, 4.69) is 29.1 Å². The molecule has 4 heteroatoms. The molecule has 0 radical (unpaired) electrons. The van der Waals surface area contributed by atoms with Crippen LogP contribution in [-0.4, -0.2) is 21.4 Å². The van der Waals surface area contributed by atoms with Crippen molar-refractivity contribution >= 4 is 17.4 Å². The molecule has 84 valence electrons. The van der Waals surface area contributed by atoms with Crippen molar-refractivity contribution in [2.75, 3.05) is 11.2 Å². The second-order valence-corrected chi connectivity index (χ2v) is 4.77. The lowest BCUT2D eigenvalue weighted by Gasteiger charge is -2.26. The Morgan fingerprint density at radius 3 is 2.67 bits per heavy atom. The second kappa shape index (κ2) is 4.79. The molecule has 15 heavy (non-hydrogen) atoms. The lowest BCUT2D eigenvalue weighted by Crippen LogP contribution is -2.32. The molecule has 1 heterocycles. The van der Waals surface area contributed by atoms with E-state index in [9.17, 15) is 0 Å². The Hall–Kier alpha value is -0.830. The van der Waals surface area contributed by atoms with Gasteiger partial charge in [-0.1, -0.05) is 0 Å². The van der Waals surface area contributed by atoms with E-state index in [1.165, 1.54) is 0 Å². The van der Waals surface area contributed by atoms with Gasteiger partial charge in [0.25, 0.3) is 0 Å². The normalized spacial score (nSPS) is 11.5. The summed E-state index contributed by atoms with van der Waals surface area (Å²) in [5, 5.41) is 3.37. The average Bonchev–Trinajstić information content (AvgIpc) is 2.10. The zero-order valence-corrected chi connectivity index (χ0v) is 10.5. The maximum absolute atomic E-state index is 5.75. The van der Waals surface area contributed by atoms with E-state index < -0.39 is 0 Å². The minimum absolute atomic E-state index is 0.0466. The maximum Gasteiger partial charge on any atom is 0.148 e. The van der Waals surface area contributed by atoms with Crippen LogP contribution in [0.4, 0.5) is 5.82 Å². The van der Waals surface area contributed by atoms with Crippen LogP contribution in [0.1, 0.15) is 31.7 Å². The summed E-state index contributed by atoms with van der Waals surface area (Å²) in [7, 11) is 0. The summed E-state index contributed by atoms with van der Waals surface area (Å²) >= 11 is 5.75. The Morgan fingerprint density at radius 2 is 2.07 bits per heavy atom. The number of rotatable bonds is 4. The molecule has 0 amide bonds. The molecule has 1 aromatic heterocycles. The number of hydrogen-bond donors (Lipinski definition) is 1. The molecule has 0 fully saturated rings. The lowest BCUT2D eigenvalue weighted by molar-refractivity contribution is 0.546. The number of aromatic nitrogens is 2. The minimum atomic E-state index is -0.0466. The minimum Gasteiger partial charge on any atom is -0.364 e. The number of anilines is 1. The van der Waals surface area contributed by atoms with E-state index in [1.54, 1.807) is 6.20 Å². The van der Waals surface area contributed by atoms with Gasteiger partial charge in [0.15, 0.2) is 0 Å². The van der Waals surface area contributed by atoms with Crippen LogP contribution >= 0.6 is 11.6 Å². The first-order valence-electron chi connectivity index (χ1n) is 5.09. The molecule has 0 bridgehead atoms. The highest BCUT2D eigenvalue weighted by atomic mass is 35.5. The van der Waals surface area contributed by atoms with Gasteiger partial charge < -0.3 is 5.32 Å². The van der Waals surface area contributed by atoms with Crippen molar-refractivity contribution in [2.24, 2.45) is 0 Å². The number of nitrogens with zero attached hydrogens (tertiary/aromatic N) is 2. The quantitative estimate of drug-likeness (QED) is 0.804. The predicted molar refractivity (Wildman–Crippen MR) is 64.5 cm³/mol. The molecule has 1 rings (SSSR count). The molecule has 0 spiro atoms. The number of nitrogens with one attached hydrogen (secondary N) is 1. The van der Waals surface area contributed by atoms with Crippen LogP contribution in [0, 0.1) is 13.8 Å². The van der Waals surface area contributed by atoms with E-state index in [1.807, 2.05) is 13.8 Å². The maximum atomic E-state index is 5.75. The summed E-state index contributed by atoms with van der Waals surface area (Å²) in [6, 6.07) is 0. The van der Waals surface area contributed by atoms with Crippen molar-refractivity contribution in [3.8, 4) is 0 Å². The molecule has 0 unspecified atom stereocenters. The standard InChI is InChI=1S/C11H18ClN3/c1-8-7-13-9(2)10(14-8)15-11(3,4)5-6-12/h7H,5-6H2,1-4H3,(H,14,15). The highest BCUT2D eigenvalue weighted by Crippen LogP contribution is 2.19. The largest absolute Gasteiger partial charge is 0.364 e. The van der Waals surface area contributed by atoms with E-state index in [0.717, 1.165) is 23.6 Å². The van der Waals surface area contributed by atoms with Crippen molar-refractivity contribution < 1.29 is 0 Å². The van der Waals surface area contributed by atoms with Gasteiger partial charge in [-0.05, 0) is 34.1 Å². The van der Waals surface area contributed by atoms with Crippen molar-refractivity contribution in [1.29, 1.82) is 0 Å². The van der Waals surface area contributed by atoms with Gasteiger partial charge in [0.2, 0.25) is 0 Å². The summed E-state index contributed by atoms with van der Waals surface area (Å²) < 4.78 is 0. The first kappa shape index (κ1) is 12.2.